The van der Waals surface area contributed by atoms with Gasteiger partial charge in [-0.1, -0.05) is 12.1 Å². The average Bonchev–Trinajstić information content (AvgIpc) is 2.84. The van der Waals surface area contributed by atoms with E-state index in [2.05, 4.69) is 5.32 Å². The second kappa shape index (κ2) is 8.22. The predicted molar refractivity (Wildman–Crippen MR) is 80.8 cm³/mol. The molecule has 6 heteroatoms. The first-order chi connectivity index (χ1) is 10.6. The van der Waals surface area contributed by atoms with Gasteiger partial charge in [-0.25, -0.2) is 4.39 Å². The molecule has 1 aliphatic heterocycles. The Morgan fingerprint density at radius 2 is 2.36 bits per heavy atom. The van der Waals surface area contributed by atoms with Gasteiger partial charge < -0.3 is 15.2 Å². The molecule has 0 radical (unpaired) electrons. The number of β-amino-alcohol motifs (C(OH)–C–C–N with tert-alkyl or cyclic N) is 1. The van der Waals surface area contributed by atoms with E-state index in [9.17, 15) is 14.3 Å². The molecule has 1 fully saturated rings. The number of ether oxygens (including phenoxy) is 1. The molecule has 122 valence electrons. The van der Waals surface area contributed by atoms with Crippen molar-refractivity contribution in [2.45, 2.75) is 25.5 Å². The third-order valence-electron chi connectivity index (χ3n) is 3.73. The first-order valence-electron chi connectivity index (χ1n) is 7.62. The number of aliphatic hydroxyl groups is 1. The fraction of sp³-hybridized carbons (Fsp3) is 0.562. The molecule has 0 aromatic heterocycles. The Morgan fingerprint density at radius 3 is 3.09 bits per heavy atom. The van der Waals surface area contributed by atoms with Gasteiger partial charge in [-0.2, -0.15) is 0 Å². The van der Waals surface area contributed by atoms with Crippen LogP contribution in [0.1, 0.15) is 24.9 Å². The lowest BCUT2D eigenvalue weighted by atomic mass is 10.0. The van der Waals surface area contributed by atoms with Crippen molar-refractivity contribution in [3.63, 3.8) is 0 Å². The number of carbonyl (C=O) groups is 1. The van der Waals surface area contributed by atoms with Gasteiger partial charge in [0.15, 0.2) is 0 Å². The zero-order valence-electron chi connectivity index (χ0n) is 12.8. The number of nitrogens with zero attached hydrogens (tertiary/aromatic N) is 1. The smallest absolute Gasteiger partial charge is 0.234 e. The maximum Gasteiger partial charge on any atom is 0.234 e. The fourth-order valence-corrected chi connectivity index (χ4v) is 2.76. The maximum atomic E-state index is 13.4. The van der Waals surface area contributed by atoms with E-state index in [1.165, 1.54) is 12.1 Å². The zero-order chi connectivity index (χ0) is 15.9. The molecule has 22 heavy (non-hydrogen) atoms. The maximum absolute atomic E-state index is 13.4. The van der Waals surface area contributed by atoms with Gasteiger partial charge in [0.1, 0.15) is 5.82 Å². The van der Waals surface area contributed by atoms with Gasteiger partial charge in [-0.05, 0) is 31.0 Å². The van der Waals surface area contributed by atoms with Crippen molar-refractivity contribution in [1.82, 2.24) is 10.2 Å². The van der Waals surface area contributed by atoms with E-state index in [0.29, 0.717) is 32.7 Å². The largest absolute Gasteiger partial charge is 0.392 e. The number of hydrogen-bond acceptors (Lipinski definition) is 4. The number of benzene rings is 1. The second-order valence-corrected chi connectivity index (χ2v) is 5.44. The molecule has 0 saturated carbocycles. The van der Waals surface area contributed by atoms with E-state index < -0.39 is 6.10 Å². The molecule has 2 rings (SSSR count). The number of likely N-dealkylation sites (tertiary alicyclic amines) is 1. The normalized spacial score (nSPS) is 22.0. The molecule has 0 bridgehead atoms. The summed E-state index contributed by atoms with van der Waals surface area (Å²) in [6.07, 6.45) is 0.0138. The van der Waals surface area contributed by atoms with Gasteiger partial charge in [0.2, 0.25) is 5.91 Å². The number of rotatable bonds is 7. The van der Waals surface area contributed by atoms with Crippen molar-refractivity contribution in [1.29, 1.82) is 0 Å². The summed E-state index contributed by atoms with van der Waals surface area (Å²) in [5, 5.41) is 12.7. The second-order valence-electron chi connectivity index (χ2n) is 5.44. The minimum atomic E-state index is -0.496. The van der Waals surface area contributed by atoms with Crippen LogP contribution in [0.3, 0.4) is 0 Å². The summed E-state index contributed by atoms with van der Waals surface area (Å²) >= 11 is 0. The molecule has 5 nitrogen and oxygen atoms in total. The van der Waals surface area contributed by atoms with Crippen LogP contribution < -0.4 is 5.32 Å². The number of aliphatic hydroxyl groups excluding tert-OH is 1. The summed E-state index contributed by atoms with van der Waals surface area (Å²) in [6, 6.07) is 6.19. The summed E-state index contributed by atoms with van der Waals surface area (Å²) in [5.41, 5.74) is 0.790. The van der Waals surface area contributed by atoms with Gasteiger partial charge in [0.05, 0.1) is 19.3 Å². The number of carbonyl (C=O) groups excluding carboxylic acids is 1. The summed E-state index contributed by atoms with van der Waals surface area (Å²) in [6.45, 7) is 4.07. The van der Waals surface area contributed by atoms with Crippen LogP contribution in [0, 0.1) is 5.82 Å². The first-order valence-corrected chi connectivity index (χ1v) is 7.62. The average molecular weight is 310 g/mol. The highest BCUT2D eigenvalue weighted by atomic mass is 19.1. The van der Waals surface area contributed by atoms with E-state index in [-0.39, 0.29) is 24.3 Å². The molecule has 0 spiro atoms. The summed E-state index contributed by atoms with van der Waals surface area (Å²) in [5.74, 6) is -0.421. The van der Waals surface area contributed by atoms with Gasteiger partial charge in [-0.15, -0.1) is 0 Å². The monoisotopic (exact) mass is 310 g/mol. The van der Waals surface area contributed by atoms with Crippen LogP contribution in [0.4, 0.5) is 4.39 Å². The molecule has 0 aliphatic carbocycles. The summed E-state index contributed by atoms with van der Waals surface area (Å²) in [7, 11) is 0. The van der Waals surface area contributed by atoms with Crippen LogP contribution >= 0.6 is 0 Å². The number of hydrogen-bond donors (Lipinski definition) is 2. The van der Waals surface area contributed by atoms with Crippen molar-refractivity contribution in [3.05, 3.63) is 35.6 Å². The Morgan fingerprint density at radius 1 is 1.55 bits per heavy atom. The lowest BCUT2D eigenvalue weighted by Gasteiger charge is -2.23. The molecule has 2 atom stereocenters. The van der Waals surface area contributed by atoms with Crippen LogP contribution in [0.25, 0.3) is 0 Å². The Labute approximate surface area is 130 Å². The van der Waals surface area contributed by atoms with E-state index in [1.54, 1.807) is 6.07 Å². The Hall–Kier alpha value is -1.50. The minimum absolute atomic E-state index is 0.116. The highest BCUT2D eigenvalue weighted by Gasteiger charge is 2.33. The van der Waals surface area contributed by atoms with Gasteiger partial charge in [-0.3, -0.25) is 9.69 Å². The van der Waals surface area contributed by atoms with Crippen LogP contribution in [-0.2, 0) is 9.53 Å². The summed E-state index contributed by atoms with van der Waals surface area (Å²) in [4.78, 5) is 13.8. The molecular formula is C16H23FN2O3. The van der Waals surface area contributed by atoms with E-state index >= 15 is 0 Å². The topological polar surface area (TPSA) is 61.8 Å². The highest BCUT2D eigenvalue weighted by Crippen LogP contribution is 2.31. The molecule has 1 aliphatic rings. The van der Waals surface area contributed by atoms with E-state index in [1.807, 2.05) is 17.9 Å². The van der Waals surface area contributed by atoms with Crippen molar-refractivity contribution in [2.75, 3.05) is 32.8 Å². The quantitative estimate of drug-likeness (QED) is 0.740. The molecule has 1 aromatic rings. The van der Waals surface area contributed by atoms with Gasteiger partial charge in [0, 0.05) is 25.7 Å². The molecule has 1 heterocycles. The molecule has 1 amide bonds. The van der Waals surface area contributed by atoms with Gasteiger partial charge in [0.25, 0.3) is 0 Å². The Bertz CT molecular complexity index is 498. The number of amides is 1. The molecule has 2 N–H and O–H groups in total. The van der Waals surface area contributed by atoms with E-state index in [4.69, 9.17) is 4.74 Å². The SMILES string of the molecule is CCOCCNC(=O)CN1C[C@H](O)C[C@H]1c1cccc(F)c1. The lowest BCUT2D eigenvalue weighted by Crippen LogP contribution is -2.38. The lowest BCUT2D eigenvalue weighted by molar-refractivity contribution is -0.122. The molecule has 1 aromatic carbocycles. The van der Waals surface area contributed by atoms with Crippen molar-refractivity contribution < 1.29 is 19.0 Å². The van der Waals surface area contributed by atoms with Crippen molar-refractivity contribution in [2.24, 2.45) is 0 Å². The fourth-order valence-electron chi connectivity index (χ4n) is 2.76. The first kappa shape index (κ1) is 16.9. The van der Waals surface area contributed by atoms with Crippen LogP contribution in [0.2, 0.25) is 0 Å². The highest BCUT2D eigenvalue weighted by molar-refractivity contribution is 5.78. The standard InChI is InChI=1S/C16H23FN2O3/c1-2-22-7-6-18-16(21)11-19-10-14(20)9-15(19)12-4-3-5-13(17)8-12/h3-5,8,14-15,20H,2,6-7,9-11H2,1H3,(H,18,21)/t14-,15+/m1/s1. The van der Waals surface area contributed by atoms with Crippen molar-refractivity contribution >= 4 is 5.91 Å². The Balaban J connectivity index is 1.92. The Kier molecular flexibility index (Phi) is 6.30. The predicted octanol–water partition coefficient (Wildman–Crippen LogP) is 1.09. The molecular weight excluding hydrogens is 287 g/mol. The number of nitrogens with one attached hydrogen (secondary N) is 1. The summed E-state index contributed by atoms with van der Waals surface area (Å²) < 4.78 is 18.5. The van der Waals surface area contributed by atoms with Crippen LogP contribution in [0.5, 0.6) is 0 Å². The third-order valence-corrected chi connectivity index (χ3v) is 3.73. The molecule has 0 unspecified atom stereocenters. The number of halogens is 1. The molecule has 1 saturated heterocycles. The third kappa shape index (κ3) is 4.76. The minimum Gasteiger partial charge on any atom is -0.392 e. The van der Waals surface area contributed by atoms with Crippen molar-refractivity contribution in [3.8, 4) is 0 Å². The van der Waals surface area contributed by atoms with Crippen LogP contribution in [0.15, 0.2) is 24.3 Å². The van der Waals surface area contributed by atoms with E-state index in [0.717, 1.165) is 5.56 Å². The van der Waals surface area contributed by atoms with Gasteiger partial charge >= 0.3 is 0 Å². The zero-order valence-corrected chi connectivity index (χ0v) is 12.8. The van der Waals surface area contributed by atoms with Crippen LogP contribution in [-0.4, -0.2) is 54.9 Å².